The molecule has 2 aromatic rings. The number of aromatic nitrogens is 2. The van der Waals surface area contributed by atoms with Crippen molar-refractivity contribution >= 4 is 27.4 Å². The monoisotopic (exact) mass is 180 g/mol. The zero-order chi connectivity index (χ0) is 8.55. The van der Waals surface area contributed by atoms with Crippen molar-refractivity contribution in [3.63, 3.8) is 0 Å². The molecule has 0 amide bonds. The maximum Gasteiger partial charge on any atom is 0.357 e. The highest BCUT2D eigenvalue weighted by atomic mass is 32.1. The van der Waals surface area contributed by atoms with Gasteiger partial charge in [-0.25, -0.2) is 4.79 Å². The topological polar surface area (TPSA) is 63.1 Å². The molecule has 0 fully saturated rings. The van der Waals surface area contributed by atoms with Gasteiger partial charge in [0.15, 0.2) is 5.69 Å². The third-order valence-corrected chi connectivity index (χ3v) is 2.40. The molecule has 0 unspecified atom stereocenters. The van der Waals surface area contributed by atoms with Crippen molar-refractivity contribution in [3.8, 4) is 0 Å². The Morgan fingerprint density at radius 1 is 1.58 bits per heavy atom. The van der Waals surface area contributed by atoms with Gasteiger partial charge in [0.05, 0.1) is 10.9 Å². The molecule has 0 aromatic carbocycles. The van der Waals surface area contributed by atoms with Gasteiger partial charge in [-0.2, -0.15) is 5.10 Å². The van der Waals surface area contributed by atoms with E-state index in [9.17, 15) is 4.79 Å². The number of carboxylic acid groups (broad SMARTS) is 1. The maximum atomic E-state index is 10.6. The molecule has 60 valence electrons. The van der Waals surface area contributed by atoms with Gasteiger partial charge in [0.2, 0.25) is 0 Å². The minimum atomic E-state index is -1.03. The largest absolute Gasteiger partial charge is 0.476 e. The molecule has 0 aliphatic rings. The van der Waals surface area contributed by atoms with Crippen molar-refractivity contribution in [1.82, 2.24) is 10.2 Å². The van der Waals surface area contributed by atoms with E-state index in [1.165, 1.54) is 11.3 Å². The molecule has 0 aliphatic heterocycles. The lowest BCUT2D eigenvalue weighted by atomic mass is 10.3. The Kier molecular flexibility index (Phi) is 1.51. The first kappa shape index (κ1) is 7.17. The van der Waals surface area contributed by atoms with Gasteiger partial charge in [-0.05, 0) is 11.4 Å². The van der Waals surface area contributed by atoms with Crippen LogP contribution in [-0.2, 0) is 0 Å². The minimum Gasteiger partial charge on any atom is -0.476 e. The molecule has 1 N–H and O–H groups in total. The van der Waals surface area contributed by atoms with Gasteiger partial charge in [0, 0.05) is 5.39 Å². The number of nitrogens with zero attached hydrogens (tertiary/aromatic N) is 2. The Bertz CT molecular complexity index is 438. The fourth-order valence-corrected chi connectivity index (χ4v) is 1.79. The van der Waals surface area contributed by atoms with E-state index in [4.69, 9.17) is 5.11 Å². The fourth-order valence-electron chi connectivity index (χ4n) is 0.947. The van der Waals surface area contributed by atoms with E-state index in [1.54, 1.807) is 6.20 Å². The van der Waals surface area contributed by atoms with Crippen molar-refractivity contribution in [2.24, 2.45) is 0 Å². The molecule has 0 saturated heterocycles. The third-order valence-electron chi connectivity index (χ3n) is 1.47. The molecule has 0 saturated carbocycles. The van der Waals surface area contributed by atoms with Crippen LogP contribution in [-0.4, -0.2) is 21.3 Å². The lowest BCUT2D eigenvalue weighted by Crippen LogP contribution is -2.01. The highest BCUT2D eigenvalue weighted by molar-refractivity contribution is 7.17. The lowest BCUT2D eigenvalue weighted by molar-refractivity contribution is 0.0692. The van der Waals surface area contributed by atoms with Crippen LogP contribution in [0.4, 0.5) is 0 Å². The summed E-state index contributed by atoms with van der Waals surface area (Å²) in [5.41, 5.74) is 0.0301. The van der Waals surface area contributed by atoms with Gasteiger partial charge in [-0.3, -0.25) is 0 Å². The second kappa shape index (κ2) is 2.53. The lowest BCUT2D eigenvalue weighted by Gasteiger charge is -1.92. The van der Waals surface area contributed by atoms with Crippen molar-refractivity contribution in [3.05, 3.63) is 23.3 Å². The Morgan fingerprint density at radius 2 is 2.42 bits per heavy atom. The van der Waals surface area contributed by atoms with Crippen LogP contribution in [0.25, 0.3) is 10.1 Å². The quantitative estimate of drug-likeness (QED) is 0.720. The molecule has 4 nitrogen and oxygen atoms in total. The summed E-state index contributed by atoms with van der Waals surface area (Å²) in [5.74, 6) is -1.03. The fraction of sp³-hybridized carbons (Fsp3) is 0. The molecular weight excluding hydrogens is 176 g/mol. The molecule has 2 heterocycles. The number of hydrogen-bond donors (Lipinski definition) is 1. The summed E-state index contributed by atoms with van der Waals surface area (Å²) >= 11 is 1.36. The normalized spacial score (nSPS) is 10.3. The zero-order valence-electron chi connectivity index (χ0n) is 5.89. The average Bonchev–Trinajstić information content (AvgIpc) is 2.49. The molecule has 0 atom stereocenters. The van der Waals surface area contributed by atoms with Gasteiger partial charge in [0.1, 0.15) is 0 Å². The van der Waals surface area contributed by atoms with Crippen molar-refractivity contribution in [1.29, 1.82) is 0 Å². The van der Waals surface area contributed by atoms with Crippen LogP contribution >= 0.6 is 11.3 Å². The molecule has 5 heteroatoms. The Morgan fingerprint density at radius 3 is 3.17 bits per heavy atom. The predicted octanol–water partition coefficient (Wildman–Crippen LogP) is 1.39. The van der Waals surface area contributed by atoms with Gasteiger partial charge >= 0.3 is 5.97 Å². The first-order chi connectivity index (χ1) is 5.79. The summed E-state index contributed by atoms with van der Waals surface area (Å²) in [4.78, 5) is 10.6. The number of carbonyl (C=O) groups is 1. The van der Waals surface area contributed by atoms with Gasteiger partial charge in [-0.1, -0.05) is 0 Å². The smallest absolute Gasteiger partial charge is 0.357 e. The number of rotatable bonds is 1. The average molecular weight is 180 g/mol. The third kappa shape index (κ3) is 0.947. The van der Waals surface area contributed by atoms with Crippen LogP contribution in [0.15, 0.2) is 17.6 Å². The van der Waals surface area contributed by atoms with E-state index >= 15 is 0 Å². The summed E-state index contributed by atoms with van der Waals surface area (Å²) in [7, 11) is 0. The van der Waals surface area contributed by atoms with Crippen LogP contribution in [0, 0.1) is 0 Å². The second-order valence-electron chi connectivity index (χ2n) is 2.20. The Hall–Kier alpha value is -1.49. The van der Waals surface area contributed by atoms with Crippen LogP contribution in [0.5, 0.6) is 0 Å². The molecule has 0 radical (unpaired) electrons. The van der Waals surface area contributed by atoms with E-state index in [-0.39, 0.29) is 5.69 Å². The summed E-state index contributed by atoms with van der Waals surface area (Å²) < 4.78 is 0.678. The molecule has 12 heavy (non-hydrogen) atoms. The maximum absolute atomic E-state index is 10.6. The molecular formula is C7H4N2O2S. The van der Waals surface area contributed by atoms with Crippen molar-refractivity contribution in [2.45, 2.75) is 0 Å². The highest BCUT2D eigenvalue weighted by Crippen LogP contribution is 2.21. The van der Waals surface area contributed by atoms with Crippen LogP contribution in [0.2, 0.25) is 0 Å². The number of hydrogen-bond acceptors (Lipinski definition) is 4. The molecule has 0 spiro atoms. The Labute approximate surface area is 71.5 Å². The summed E-state index contributed by atoms with van der Waals surface area (Å²) in [6, 6.07) is 1.82. The number of thiophene rings is 1. The van der Waals surface area contributed by atoms with E-state index in [1.807, 2.05) is 11.4 Å². The SMILES string of the molecule is O=C(O)c1nncc2ccsc12. The van der Waals surface area contributed by atoms with Crippen LogP contribution in [0.1, 0.15) is 10.5 Å². The van der Waals surface area contributed by atoms with Crippen molar-refractivity contribution < 1.29 is 9.90 Å². The zero-order valence-corrected chi connectivity index (χ0v) is 6.71. The molecule has 0 aliphatic carbocycles. The predicted molar refractivity (Wildman–Crippen MR) is 44.4 cm³/mol. The second-order valence-corrected chi connectivity index (χ2v) is 3.12. The van der Waals surface area contributed by atoms with Gasteiger partial charge < -0.3 is 5.11 Å². The molecule has 0 bridgehead atoms. The standard InChI is InChI=1S/C7H4N2O2S/c10-7(11)5-6-4(1-2-12-6)3-8-9-5/h1-3H,(H,10,11). The van der Waals surface area contributed by atoms with Crippen LogP contribution < -0.4 is 0 Å². The minimum absolute atomic E-state index is 0.0301. The van der Waals surface area contributed by atoms with Gasteiger partial charge in [-0.15, -0.1) is 16.4 Å². The summed E-state index contributed by atoms with van der Waals surface area (Å²) in [6.45, 7) is 0. The van der Waals surface area contributed by atoms with E-state index < -0.39 is 5.97 Å². The first-order valence-corrected chi connectivity index (χ1v) is 4.09. The van der Waals surface area contributed by atoms with Crippen molar-refractivity contribution in [2.75, 3.05) is 0 Å². The number of aromatic carboxylic acids is 1. The Balaban J connectivity index is 2.82. The van der Waals surface area contributed by atoms with Crippen LogP contribution in [0.3, 0.4) is 0 Å². The van der Waals surface area contributed by atoms with E-state index in [0.717, 1.165) is 5.39 Å². The van der Waals surface area contributed by atoms with Gasteiger partial charge in [0.25, 0.3) is 0 Å². The number of carboxylic acids is 1. The summed E-state index contributed by atoms with van der Waals surface area (Å²) in [5, 5.41) is 18.5. The number of fused-ring (bicyclic) bond motifs is 1. The first-order valence-electron chi connectivity index (χ1n) is 3.21. The highest BCUT2D eigenvalue weighted by Gasteiger charge is 2.10. The molecule has 2 aromatic heterocycles. The van der Waals surface area contributed by atoms with E-state index in [0.29, 0.717) is 4.70 Å². The van der Waals surface area contributed by atoms with E-state index in [2.05, 4.69) is 10.2 Å². The summed E-state index contributed by atoms with van der Waals surface area (Å²) in [6.07, 6.45) is 1.55. The molecule has 2 rings (SSSR count).